The Labute approximate surface area is 108 Å². The number of halogens is 3. The van der Waals surface area contributed by atoms with Crippen molar-refractivity contribution >= 4 is 11.7 Å². The average molecular weight is 279 g/mol. The summed E-state index contributed by atoms with van der Waals surface area (Å²) >= 11 is 0. The Hall–Kier alpha value is -1.73. The first-order valence-corrected chi connectivity index (χ1v) is 5.56. The predicted octanol–water partition coefficient (Wildman–Crippen LogP) is 2.39. The molecule has 2 N–H and O–H groups in total. The monoisotopic (exact) mass is 279 g/mol. The van der Waals surface area contributed by atoms with Crippen LogP contribution in [0.25, 0.3) is 0 Å². The van der Waals surface area contributed by atoms with E-state index in [0.717, 1.165) is 10.9 Å². The maximum atomic E-state index is 12.5. The van der Waals surface area contributed by atoms with Crippen molar-refractivity contribution in [3.05, 3.63) is 11.9 Å². The molecule has 0 amide bonds. The molecule has 0 spiro atoms. The van der Waals surface area contributed by atoms with E-state index in [0.29, 0.717) is 0 Å². The highest BCUT2D eigenvalue weighted by Crippen LogP contribution is 2.32. The Morgan fingerprint density at radius 1 is 1.42 bits per heavy atom. The van der Waals surface area contributed by atoms with Crippen molar-refractivity contribution in [1.29, 1.82) is 0 Å². The number of rotatable bonds is 2. The predicted molar refractivity (Wildman–Crippen MR) is 62.2 cm³/mol. The number of esters is 1. The first kappa shape index (κ1) is 15.3. The molecule has 1 aromatic rings. The van der Waals surface area contributed by atoms with Crippen LogP contribution in [0.2, 0.25) is 0 Å². The Bertz CT molecular complexity index is 475. The van der Waals surface area contributed by atoms with Crippen molar-refractivity contribution in [3.63, 3.8) is 0 Å². The van der Waals surface area contributed by atoms with Gasteiger partial charge in [0.1, 0.15) is 11.6 Å². The summed E-state index contributed by atoms with van der Waals surface area (Å²) in [5, 5.41) is 3.30. The first-order valence-electron chi connectivity index (χ1n) is 5.56. The minimum absolute atomic E-state index is 0.525. The van der Waals surface area contributed by atoms with E-state index in [2.05, 4.69) is 5.10 Å². The number of alkyl halides is 3. The van der Waals surface area contributed by atoms with Gasteiger partial charge in [0.2, 0.25) is 0 Å². The van der Waals surface area contributed by atoms with E-state index in [1.165, 1.54) is 6.92 Å². The SMILES string of the molecule is C[C@H](C(=O)OC(C)(C)C)n1cc(N)c(C(F)(F)F)n1. The summed E-state index contributed by atoms with van der Waals surface area (Å²) in [7, 11) is 0. The van der Waals surface area contributed by atoms with Gasteiger partial charge in [-0.15, -0.1) is 0 Å². The molecule has 0 radical (unpaired) electrons. The zero-order valence-corrected chi connectivity index (χ0v) is 11.1. The third kappa shape index (κ3) is 3.87. The summed E-state index contributed by atoms with van der Waals surface area (Å²) in [6.07, 6.45) is -3.68. The van der Waals surface area contributed by atoms with Crippen LogP contribution >= 0.6 is 0 Å². The Kier molecular flexibility index (Phi) is 3.83. The average Bonchev–Trinajstić information content (AvgIpc) is 2.55. The molecule has 0 aliphatic heterocycles. The molecule has 0 aromatic carbocycles. The van der Waals surface area contributed by atoms with Crippen LogP contribution in [0.1, 0.15) is 39.4 Å². The molecule has 19 heavy (non-hydrogen) atoms. The number of hydrogen-bond acceptors (Lipinski definition) is 4. The number of aromatic nitrogens is 2. The molecule has 1 aromatic heterocycles. The molecule has 0 unspecified atom stereocenters. The van der Waals surface area contributed by atoms with E-state index in [-0.39, 0.29) is 0 Å². The van der Waals surface area contributed by atoms with E-state index >= 15 is 0 Å². The van der Waals surface area contributed by atoms with Gasteiger partial charge < -0.3 is 10.5 Å². The molecule has 0 aliphatic rings. The van der Waals surface area contributed by atoms with Crippen LogP contribution in [0, 0.1) is 0 Å². The maximum Gasteiger partial charge on any atom is 0.437 e. The van der Waals surface area contributed by atoms with Crippen molar-refractivity contribution < 1.29 is 22.7 Å². The van der Waals surface area contributed by atoms with Crippen molar-refractivity contribution in [2.75, 3.05) is 5.73 Å². The van der Waals surface area contributed by atoms with Crippen LogP contribution in [0.5, 0.6) is 0 Å². The molecular formula is C11H16F3N3O2. The van der Waals surface area contributed by atoms with Gasteiger partial charge in [0, 0.05) is 6.20 Å². The van der Waals surface area contributed by atoms with E-state index in [1.54, 1.807) is 20.8 Å². The summed E-state index contributed by atoms with van der Waals surface area (Å²) < 4.78 is 43.5. The molecular weight excluding hydrogens is 263 g/mol. The third-order valence-corrected chi connectivity index (χ3v) is 2.17. The van der Waals surface area contributed by atoms with Gasteiger partial charge in [0.25, 0.3) is 0 Å². The summed E-state index contributed by atoms with van der Waals surface area (Å²) in [5.41, 5.74) is 2.78. The number of nitrogens with zero attached hydrogens (tertiary/aromatic N) is 2. The normalized spacial score (nSPS) is 14.3. The van der Waals surface area contributed by atoms with Gasteiger partial charge in [-0.2, -0.15) is 18.3 Å². The van der Waals surface area contributed by atoms with E-state index in [9.17, 15) is 18.0 Å². The molecule has 1 atom stereocenters. The number of hydrogen-bond donors (Lipinski definition) is 1. The van der Waals surface area contributed by atoms with Crippen molar-refractivity contribution in [3.8, 4) is 0 Å². The molecule has 8 heteroatoms. The fraction of sp³-hybridized carbons (Fsp3) is 0.636. The van der Waals surface area contributed by atoms with Crippen LogP contribution in [-0.4, -0.2) is 21.4 Å². The van der Waals surface area contributed by atoms with Gasteiger partial charge in [0.15, 0.2) is 5.69 Å². The Morgan fingerprint density at radius 3 is 2.32 bits per heavy atom. The lowest BCUT2D eigenvalue weighted by Gasteiger charge is -2.22. The second kappa shape index (κ2) is 4.75. The molecule has 0 bridgehead atoms. The molecule has 0 saturated carbocycles. The molecule has 1 heterocycles. The fourth-order valence-corrected chi connectivity index (χ4v) is 1.32. The van der Waals surface area contributed by atoms with Crippen molar-refractivity contribution in [1.82, 2.24) is 9.78 Å². The number of nitrogen functional groups attached to an aromatic ring is 1. The number of anilines is 1. The molecule has 0 saturated heterocycles. The smallest absolute Gasteiger partial charge is 0.437 e. The van der Waals surface area contributed by atoms with Crippen molar-refractivity contribution in [2.45, 2.75) is 45.5 Å². The highest BCUT2D eigenvalue weighted by atomic mass is 19.4. The van der Waals surface area contributed by atoms with E-state index in [1.807, 2.05) is 0 Å². The Morgan fingerprint density at radius 2 is 1.95 bits per heavy atom. The lowest BCUT2D eigenvalue weighted by molar-refractivity contribution is -0.159. The number of carbonyl (C=O) groups is 1. The van der Waals surface area contributed by atoms with Gasteiger partial charge >= 0.3 is 12.1 Å². The standard InChI is InChI=1S/C11H16F3N3O2/c1-6(9(18)19-10(2,3)4)17-5-7(15)8(16-17)11(12,13)14/h5-6H,15H2,1-4H3/t6-/m1/s1. The maximum absolute atomic E-state index is 12.5. The third-order valence-electron chi connectivity index (χ3n) is 2.17. The second-order valence-electron chi connectivity index (χ2n) is 5.12. The number of nitrogens with two attached hydrogens (primary N) is 1. The zero-order valence-electron chi connectivity index (χ0n) is 11.1. The van der Waals surface area contributed by atoms with Crippen LogP contribution in [-0.2, 0) is 15.7 Å². The van der Waals surface area contributed by atoms with Crippen LogP contribution < -0.4 is 5.73 Å². The zero-order chi connectivity index (χ0) is 15.0. The summed E-state index contributed by atoms with van der Waals surface area (Å²) in [5.74, 6) is -0.677. The van der Waals surface area contributed by atoms with Crippen LogP contribution in [0.4, 0.5) is 18.9 Å². The molecule has 0 aliphatic carbocycles. The van der Waals surface area contributed by atoms with E-state index in [4.69, 9.17) is 10.5 Å². The van der Waals surface area contributed by atoms with Gasteiger partial charge in [-0.25, -0.2) is 4.79 Å². The lowest BCUT2D eigenvalue weighted by Crippen LogP contribution is -2.29. The fourth-order valence-electron chi connectivity index (χ4n) is 1.32. The number of ether oxygens (including phenoxy) is 1. The molecule has 108 valence electrons. The topological polar surface area (TPSA) is 70.1 Å². The number of carbonyl (C=O) groups excluding carboxylic acids is 1. The first-order chi connectivity index (χ1) is 8.42. The van der Waals surface area contributed by atoms with Gasteiger partial charge in [-0.05, 0) is 27.7 Å². The summed E-state index contributed by atoms with van der Waals surface area (Å²) in [6, 6.07) is -0.988. The highest BCUT2D eigenvalue weighted by Gasteiger charge is 2.37. The highest BCUT2D eigenvalue weighted by molar-refractivity contribution is 5.74. The summed E-state index contributed by atoms with van der Waals surface area (Å²) in [4.78, 5) is 11.7. The second-order valence-corrected chi connectivity index (χ2v) is 5.12. The minimum Gasteiger partial charge on any atom is -0.458 e. The van der Waals surface area contributed by atoms with Crippen LogP contribution in [0.15, 0.2) is 6.20 Å². The van der Waals surface area contributed by atoms with Gasteiger partial charge in [0.05, 0.1) is 5.69 Å². The quantitative estimate of drug-likeness (QED) is 0.844. The molecule has 5 nitrogen and oxygen atoms in total. The van der Waals surface area contributed by atoms with Gasteiger partial charge in [-0.3, -0.25) is 4.68 Å². The minimum atomic E-state index is -4.65. The van der Waals surface area contributed by atoms with E-state index < -0.39 is 35.2 Å². The molecule has 1 rings (SSSR count). The van der Waals surface area contributed by atoms with Gasteiger partial charge in [-0.1, -0.05) is 0 Å². The lowest BCUT2D eigenvalue weighted by atomic mass is 10.2. The molecule has 0 fully saturated rings. The van der Waals surface area contributed by atoms with Crippen LogP contribution in [0.3, 0.4) is 0 Å². The largest absolute Gasteiger partial charge is 0.458 e. The van der Waals surface area contributed by atoms with Crippen molar-refractivity contribution in [2.24, 2.45) is 0 Å². The summed E-state index contributed by atoms with van der Waals surface area (Å²) in [6.45, 7) is 6.38. The Balaban J connectivity index is 2.96.